The molecule has 0 bridgehead atoms. The second-order valence-corrected chi connectivity index (χ2v) is 6.61. The van der Waals surface area contributed by atoms with E-state index >= 15 is 0 Å². The van der Waals surface area contributed by atoms with E-state index in [4.69, 9.17) is 4.42 Å². The van der Waals surface area contributed by atoms with Gasteiger partial charge < -0.3 is 14.1 Å². The standard InChI is InChI=1S/C22H24N2O4/c1-3-4-7-12-24(14-20-23-19(15-28-20)22(26)27-2)21(25)18-11-10-16-8-5-6-9-17(16)13-18/h5-6,8-11,13,15H,3-4,7,12,14H2,1-2H3. The highest BCUT2D eigenvalue weighted by Crippen LogP contribution is 2.18. The Morgan fingerprint density at radius 1 is 1.11 bits per heavy atom. The highest BCUT2D eigenvalue weighted by atomic mass is 16.5. The predicted molar refractivity (Wildman–Crippen MR) is 106 cm³/mol. The fraction of sp³-hybridized carbons (Fsp3) is 0.318. The lowest BCUT2D eigenvalue weighted by Crippen LogP contribution is -2.31. The van der Waals surface area contributed by atoms with Crippen molar-refractivity contribution in [2.24, 2.45) is 0 Å². The number of benzene rings is 2. The van der Waals surface area contributed by atoms with Crippen molar-refractivity contribution in [3.8, 4) is 0 Å². The summed E-state index contributed by atoms with van der Waals surface area (Å²) in [6.45, 7) is 2.91. The number of amides is 1. The normalized spacial score (nSPS) is 10.8. The van der Waals surface area contributed by atoms with E-state index in [1.165, 1.54) is 13.4 Å². The van der Waals surface area contributed by atoms with E-state index in [0.717, 1.165) is 30.0 Å². The number of carbonyl (C=O) groups excluding carboxylic acids is 2. The first kappa shape index (κ1) is 19.6. The highest BCUT2D eigenvalue weighted by Gasteiger charge is 2.20. The summed E-state index contributed by atoms with van der Waals surface area (Å²) in [7, 11) is 1.29. The Labute approximate surface area is 164 Å². The number of rotatable bonds is 8. The summed E-state index contributed by atoms with van der Waals surface area (Å²) in [6.07, 6.45) is 4.23. The number of unbranched alkanes of at least 4 members (excludes halogenated alkanes) is 2. The summed E-state index contributed by atoms with van der Waals surface area (Å²) in [4.78, 5) is 30.6. The molecule has 0 aliphatic heterocycles. The molecule has 3 aromatic rings. The molecule has 2 aromatic carbocycles. The lowest BCUT2D eigenvalue weighted by atomic mass is 10.1. The molecule has 1 amide bonds. The number of aromatic nitrogens is 1. The zero-order chi connectivity index (χ0) is 19.9. The molecule has 0 saturated carbocycles. The minimum atomic E-state index is -0.562. The predicted octanol–water partition coefficient (Wildman–Crippen LogP) is 4.45. The summed E-state index contributed by atoms with van der Waals surface area (Å²) in [6, 6.07) is 13.6. The Hall–Kier alpha value is -3.15. The van der Waals surface area contributed by atoms with Crippen LogP contribution in [0.15, 0.2) is 53.1 Å². The van der Waals surface area contributed by atoms with E-state index in [0.29, 0.717) is 18.0 Å². The third kappa shape index (κ3) is 4.57. The molecule has 0 aliphatic rings. The Kier molecular flexibility index (Phi) is 6.42. The van der Waals surface area contributed by atoms with E-state index in [2.05, 4.69) is 16.6 Å². The average molecular weight is 380 g/mol. The van der Waals surface area contributed by atoms with Gasteiger partial charge in [0.1, 0.15) is 6.26 Å². The van der Waals surface area contributed by atoms with Gasteiger partial charge in [0.15, 0.2) is 5.69 Å². The van der Waals surface area contributed by atoms with E-state index < -0.39 is 5.97 Å². The maximum absolute atomic E-state index is 13.1. The Bertz CT molecular complexity index is 964. The number of oxazole rings is 1. The molecule has 0 aliphatic carbocycles. The average Bonchev–Trinajstić information content (AvgIpc) is 3.20. The fourth-order valence-electron chi connectivity index (χ4n) is 3.06. The van der Waals surface area contributed by atoms with E-state index in [9.17, 15) is 9.59 Å². The quantitative estimate of drug-likeness (QED) is 0.426. The van der Waals surface area contributed by atoms with Crippen molar-refractivity contribution in [3.05, 3.63) is 65.9 Å². The molecule has 0 unspecified atom stereocenters. The lowest BCUT2D eigenvalue weighted by Gasteiger charge is -2.21. The molecule has 6 heteroatoms. The van der Waals surface area contributed by atoms with Gasteiger partial charge in [-0.05, 0) is 29.3 Å². The minimum absolute atomic E-state index is 0.0836. The third-order valence-electron chi connectivity index (χ3n) is 4.59. The van der Waals surface area contributed by atoms with Gasteiger partial charge >= 0.3 is 5.97 Å². The molecule has 1 aromatic heterocycles. The van der Waals surface area contributed by atoms with Gasteiger partial charge in [0.05, 0.1) is 13.7 Å². The van der Waals surface area contributed by atoms with Crippen LogP contribution in [0.25, 0.3) is 10.8 Å². The van der Waals surface area contributed by atoms with Crippen LogP contribution in [0, 0.1) is 0 Å². The molecule has 3 rings (SSSR count). The van der Waals surface area contributed by atoms with Crippen molar-refractivity contribution < 1.29 is 18.7 Å². The summed E-state index contributed by atoms with van der Waals surface area (Å²) in [5.74, 6) is -0.334. The minimum Gasteiger partial charge on any atom is -0.464 e. The first-order valence-electron chi connectivity index (χ1n) is 9.43. The molecule has 0 radical (unpaired) electrons. The summed E-state index contributed by atoms with van der Waals surface area (Å²) >= 11 is 0. The third-order valence-corrected chi connectivity index (χ3v) is 4.59. The van der Waals surface area contributed by atoms with Crippen molar-refractivity contribution in [1.82, 2.24) is 9.88 Å². The number of fused-ring (bicyclic) bond motifs is 1. The summed E-state index contributed by atoms with van der Waals surface area (Å²) in [5, 5.41) is 2.11. The van der Waals surface area contributed by atoms with E-state index in [1.54, 1.807) is 4.90 Å². The van der Waals surface area contributed by atoms with Gasteiger partial charge in [-0.25, -0.2) is 9.78 Å². The van der Waals surface area contributed by atoms with Crippen LogP contribution in [-0.2, 0) is 11.3 Å². The molecule has 0 N–H and O–H groups in total. The number of ether oxygens (including phenoxy) is 1. The summed E-state index contributed by atoms with van der Waals surface area (Å²) < 4.78 is 10.0. The van der Waals surface area contributed by atoms with Gasteiger partial charge in [0.2, 0.25) is 5.89 Å². The van der Waals surface area contributed by atoms with Crippen LogP contribution >= 0.6 is 0 Å². The monoisotopic (exact) mass is 380 g/mol. The molecule has 0 fully saturated rings. The van der Waals surface area contributed by atoms with Crippen LogP contribution in [0.5, 0.6) is 0 Å². The van der Waals surface area contributed by atoms with Crippen LogP contribution in [0.3, 0.4) is 0 Å². The molecular formula is C22H24N2O4. The van der Waals surface area contributed by atoms with Gasteiger partial charge in [-0.3, -0.25) is 4.79 Å². The van der Waals surface area contributed by atoms with Crippen molar-refractivity contribution in [2.75, 3.05) is 13.7 Å². The van der Waals surface area contributed by atoms with Crippen molar-refractivity contribution in [2.45, 2.75) is 32.7 Å². The van der Waals surface area contributed by atoms with E-state index in [1.807, 2.05) is 42.5 Å². The molecule has 28 heavy (non-hydrogen) atoms. The Balaban J connectivity index is 1.82. The van der Waals surface area contributed by atoms with Gasteiger partial charge in [-0.2, -0.15) is 0 Å². The number of methoxy groups -OCH3 is 1. The molecule has 0 atom stereocenters. The lowest BCUT2D eigenvalue weighted by molar-refractivity contribution is 0.0594. The molecule has 1 heterocycles. The maximum atomic E-state index is 13.1. The molecule has 0 saturated heterocycles. The second kappa shape index (κ2) is 9.17. The van der Waals surface area contributed by atoms with Crippen LogP contribution in [0.2, 0.25) is 0 Å². The topological polar surface area (TPSA) is 72.6 Å². The van der Waals surface area contributed by atoms with Crippen LogP contribution in [0.4, 0.5) is 0 Å². The maximum Gasteiger partial charge on any atom is 0.360 e. The zero-order valence-corrected chi connectivity index (χ0v) is 16.2. The number of hydrogen-bond donors (Lipinski definition) is 0. The van der Waals surface area contributed by atoms with Crippen LogP contribution in [0.1, 0.15) is 52.9 Å². The first-order valence-corrected chi connectivity index (χ1v) is 9.43. The molecular weight excluding hydrogens is 356 g/mol. The largest absolute Gasteiger partial charge is 0.464 e. The van der Waals surface area contributed by atoms with Gasteiger partial charge in [-0.15, -0.1) is 0 Å². The van der Waals surface area contributed by atoms with Gasteiger partial charge in [0.25, 0.3) is 5.91 Å². The summed E-state index contributed by atoms with van der Waals surface area (Å²) in [5.41, 5.74) is 0.721. The van der Waals surface area contributed by atoms with Crippen LogP contribution in [-0.4, -0.2) is 35.4 Å². The Morgan fingerprint density at radius 2 is 1.89 bits per heavy atom. The zero-order valence-electron chi connectivity index (χ0n) is 16.2. The van der Waals surface area contributed by atoms with Crippen molar-refractivity contribution in [1.29, 1.82) is 0 Å². The SMILES string of the molecule is CCCCCN(Cc1nc(C(=O)OC)co1)C(=O)c1ccc2ccccc2c1. The molecule has 6 nitrogen and oxygen atoms in total. The van der Waals surface area contributed by atoms with Crippen LogP contribution < -0.4 is 0 Å². The number of carbonyl (C=O) groups is 2. The first-order chi connectivity index (χ1) is 13.6. The number of hydrogen-bond acceptors (Lipinski definition) is 5. The van der Waals surface area contributed by atoms with Gasteiger partial charge in [0, 0.05) is 12.1 Å². The molecule has 146 valence electrons. The second-order valence-electron chi connectivity index (χ2n) is 6.61. The molecule has 0 spiro atoms. The number of nitrogens with zero attached hydrogens (tertiary/aromatic N) is 2. The fourth-order valence-corrected chi connectivity index (χ4v) is 3.06. The van der Waals surface area contributed by atoms with Crippen molar-refractivity contribution in [3.63, 3.8) is 0 Å². The van der Waals surface area contributed by atoms with Gasteiger partial charge in [-0.1, -0.05) is 50.1 Å². The number of esters is 1. The highest BCUT2D eigenvalue weighted by molar-refractivity contribution is 5.98. The Morgan fingerprint density at radius 3 is 2.64 bits per heavy atom. The van der Waals surface area contributed by atoms with Crippen molar-refractivity contribution >= 4 is 22.6 Å². The van der Waals surface area contributed by atoms with E-state index in [-0.39, 0.29) is 18.1 Å². The smallest absolute Gasteiger partial charge is 0.360 e.